The molecule has 5 nitrogen and oxygen atoms in total. The molecule has 2 saturated heterocycles. The van der Waals surface area contributed by atoms with Gasteiger partial charge in [0.25, 0.3) is 0 Å². The molecule has 3 unspecified atom stereocenters. The van der Waals surface area contributed by atoms with Crippen LogP contribution in [0.4, 0.5) is 0 Å². The smallest absolute Gasteiger partial charge is 0.247 e. The molecule has 2 amide bonds. The molecule has 2 fully saturated rings. The fourth-order valence-electron chi connectivity index (χ4n) is 3.19. The highest BCUT2D eigenvalue weighted by Crippen LogP contribution is 2.22. The number of imide groups is 1. The Morgan fingerprint density at radius 1 is 1.35 bits per heavy atom. The van der Waals surface area contributed by atoms with Crippen molar-refractivity contribution in [3.63, 3.8) is 0 Å². The molecule has 0 aromatic carbocycles. The van der Waals surface area contributed by atoms with E-state index in [1.54, 1.807) is 0 Å². The van der Waals surface area contributed by atoms with Gasteiger partial charge in [0.15, 0.2) is 0 Å². The van der Waals surface area contributed by atoms with E-state index in [4.69, 9.17) is 4.74 Å². The number of hydrogen-bond acceptors (Lipinski definition) is 4. The second-order valence-electron chi connectivity index (χ2n) is 5.86. The van der Waals surface area contributed by atoms with E-state index in [-0.39, 0.29) is 30.0 Å². The number of ether oxygens (including phenoxy) is 1. The van der Waals surface area contributed by atoms with E-state index < -0.39 is 0 Å². The molecular formula is C15H26N2O3. The second kappa shape index (κ2) is 6.68. The average Bonchev–Trinajstić information content (AvgIpc) is 2.95. The van der Waals surface area contributed by atoms with Crippen LogP contribution < -0.4 is 5.32 Å². The molecule has 0 saturated carbocycles. The third kappa shape index (κ3) is 3.04. The van der Waals surface area contributed by atoms with Crippen molar-refractivity contribution >= 4 is 11.8 Å². The fraction of sp³-hybridized carbons (Fsp3) is 0.867. The van der Waals surface area contributed by atoms with Crippen molar-refractivity contribution in [1.29, 1.82) is 0 Å². The van der Waals surface area contributed by atoms with Crippen molar-refractivity contribution in [2.75, 3.05) is 13.2 Å². The fourth-order valence-corrected chi connectivity index (χ4v) is 3.19. The normalized spacial score (nSPS) is 30.8. The van der Waals surface area contributed by atoms with E-state index in [0.29, 0.717) is 12.3 Å². The minimum absolute atomic E-state index is 0.0306. The van der Waals surface area contributed by atoms with Gasteiger partial charge in [-0.25, -0.2) is 0 Å². The van der Waals surface area contributed by atoms with Crippen LogP contribution in [0.5, 0.6) is 0 Å². The van der Waals surface area contributed by atoms with Gasteiger partial charge in [0.1, 0.15) is 0 Å². The number of amides is 2. The summed E-state index contributed by atoms with van der Waals surface area (Å²) >= 11 is 0. The monoisotopic (exact) mass is 282 g/mol. The Morgan fingerprint density at radius 2 is 2.05 bits per heavy atom. The highest BCUT2D eigenvalue weighted by atomic mass is 16.5. The summed E-state index contributed by atoms with van der Waals surface area (Å²) in [6.45, 7) is 7.66. The summed E-state index contributed by atoms with van der Waals surface area (Å²) in [4.78, 5) is 25.9. The highest BCUT2D eigenvalue weighted by molar-refractivity contribution is 6.05. The average molecular weight is 282 g/mol. The van der Waals surface area contributed by atoms with Crippen molar-refractivity contribution in [3.8, 4) is 0 Å². The molecule has 0 radical (unpaired) electrons. The van der Waals surface area contributed by atoms with Crippen molar-refractivity contribution in [2.24, 2.45) is 5.92 Å². The van der Waals surface area contributed by atoms with Gasteiger partial charge < -0.3 is 10.1 Å². The zero-order valence-corrected chi connectivity index (χ0v) is 12.7. The molecule has 0 aromatic rings. The third-order valence-electron chi connectivity index (χ3n) is 4.65. The number of carbonyl (C=O) groups is 2. The molecule has 0 aliphatic carbocycles. The summed E-state index contributed by atoms with van der Waals surface area (Å²) in [6, 6.07) is -0.286. The maximum atomic E-state index is 12.4. The molecule has 0 spiro atoms. The molecule has 2 heterocycles. The Balaban J connectivity index is 1.90. The Labute approximate surface area is 121 Å². The first kappa shape index (κ1) is 15.4. The molecular weight excluding hydrogens is 256 g/mol. The number of nitrogens with zero attached hydrogens (tertiary/aromatic N) is 1. The van der Waals surface area contributed by atoms with Gasteiger partial charge in [-0.05, 0) is 32.1 Å². The summed E-state index contributed by atoms with van der Waals surface area (Å²) < 4.78 is 5.52. The van der Waals surface area contributed by atoms with Crippen molar-refractivity contribution < 1.29 is 14.3 Å². The molecule has 114 valence electrons. The highest BCUT2D eigenvalue weighted by Gasteiger charge is 2.41. The molecule has 0 bridgehead atoms. The van der Waals surface area contributed by atoms with Gasteiger partial charge in [-0.15, -0.1) is 0 Å². The van der Waals surface area contributed by atoms with Gasteiger partial charge in [-0.1, -0.05) is 13.8 Å². The molecule has 2 aliphatic heterocycles. The predicted octanol–water partition coefficient (Wildman–Crippen LogP) is 1.32. The Kier molecular flexibility index (Phi) is 5.16. The van der Waals surface area contributed by atoms with Gasteiger partial charge in [0.05, 0.1) is 18.6 Å². The molecule has 3 atom stereocenters. The number of hydrogen-bond donors (Lipinski definition) is 1. The second-order valence-corrected chi connectivity index (χ2v) is 5.86. The Bertz CT molecular complexity index is 368. The first-order valence-corrected chi connectivity index (χ1v) is 7.79. The Morgan fingerprint density at radius 3 is 2.60 bits per heavy atom. The molecule has 2 aliphatic rings. The number of likely N-dealkylation sites (tertiary alicyclic amines) is 1. The van der Waals surface area contributed by atoms with Crippen LogP contribution in [0.25, 0.3) is 0 Å². The van der Waals surface area contributed by atoms with Crippen LogP contribution in [0.3, 0.4) is 0 Å². The summed E-state index contributed by atoms with van der Waals surface area (Å²) in [7, 11) is 0. The zero-order chi connectivity index (χ0) is 14.7. The lowest BCUT2D eigenvalue weighted by Crippen LogP contribution is -2.44. The maximum absolute atomic E-state index is 12.4. The summed E-state index contributed by atoms with van der Waals surface area (Å²) in [5, 5.41) is 3.28. The van der Waals surface area contributed by atoms with Crippen LogP contribution in [0.1, 0.15) is 46.5 Å². The van der Waals surface area contributed by atoms with Crippen LogP contribution >= 0.6 is 0 Å². The summed E-state index contributed by atoms with van der Waals surface area (Å²) in [5.74, 6) is 0.368. The van der Waals surface area contributed by atoms with E-state index >= 15 is 0 Å². The first-order chi connectivity index (χ1) is 9.58. The topological polar surface area (TPSA) is 58.6 Å². The van der Waals surface area contributed by atoms with E-state index in [1.807, 2.05) is 13.8 Å². The molecule has 1 N–H and O–H groups in total. The maximum Gasteiger partial charge on any atom is 0.247 e. The van der Waals surface area contributed by atoms with Crippen molar-refractivity contribution in [2.45, 2.75) is 64.6 Å². The largest absolute Gasteiger partial charge is 0.378 e. The van der Waals surface area contributed by atoms with Gasteiger partial charge in [-0.3, -0.25) is 14.5 Å². The number of carbonyl (C=O) groups excluding carboxylic acids is 2. The van der Waals surface area contributed by atoms with Crippen molar-refractivity contribution in [3.05, 3.63) is 0 Å². The third-order valence-corrected chi connectivity index (χ3v) is 4.65. The lowest BCUT2D eigenvalue weighted by Gasteiger charge is -2.24. The molecule has 2 rings (SSSR count). The molecule has 5 heteroatoms. The van der Waals surface area contributed by atoms with Gasteiger partial charge in [-0.2, -0.15) is 0 Å². The van der Waals surface area contributed by atoms with E-state index in [0.717, 1.165) is 32.4 Å². The molecule has 20 heavy (non-hydrogen) atoms. The predicted molar refractivity (Wildman–Crippen MR) is 76.2 cm³/mol. The van der Waals surface area contributed by atoms with Crippen LogP contribution in [0, 0.1) is 5.92 Å². The molecule has 0 aromatic heterocycles. The van der Waals surface area contributed by atoms with Gasteiger partial charge in [0, 0.05) is 19.2 Å². The van der Waals surface area contributed by atoms with Gasteiger partial charge in [0.2, 0.25) is 11.8 Å². The van der Waals surface area contributed by atoms with Crippen LogP contribution in [0.15, 0.2) is 0 Å². The zero-order valence-electron chi connectivity index (χ0n) is 12.7. The van der Waals surface area contributed by atoms with Crippen LogP contribution in [0.2, 0.25) is 0 Å². The summed E-state index contributed by atoms with van der Waals surface area (Å²) in [5.41, 5.74) is 0. The van der Waals surface area contributed by atoms with Gasteiger partial charge >= 0.3 is 0 Å². The number of rotatable bonds is 6. The van der Waals surface area contributed by atoms with Crippen LogP contribution in [-0.4, -0.2) is 48.1 Å². The first-order valence-electron chi connectivity index (χ1n) is 7.79. The lowest BCUT2D eigenvalue weighted by molar-refractivity contribution is -0.141. The van der Waals surface area contributed by atoms with Crippen molar-refractivity contribution in [1.82, 2.24) is 10.2 Å². The lowest BCUT2D eigenvalue weighted by atomic mass is 10.0. The Hall–Kier alpha value is -0.940. The van der Waals surface area contributed by atoms with E-state index in [1.165, 1.54) is 4.90 Å². The number of nitrogens with one attached hydrogen (secondary N) is 1. The standard InChI is InChI=1S/C15H26N2O3/c1-4-12(5-2)17-14(18)8-13(15(17)19)16-9-11-6-7-20-10(11)3/h10-13,16H,4-9H2,1-3H3. The SMILES string of the molecule is CCC(CC)N1C(=O)CC(NCC2CCOC2C)C1=O. The minimum atomic E-state index is -0.337. The van der Waals surface area contributed by atoms with E-state index in [9.17, 15) is 9.59 Å². The minimum Gasteiger partial charge on any atom is -0.378 e. The quantitative estimate of drug-likeness (QED) is 0.746. The summed E-state index contributed by atoms with van der Waals surface area (Å²) in [6.07, 6.45) is 3.23. The van der Waals surface area contributed by atoms with Crippen LogP contribution in [-0.2, 0) is 14.3 Å². The van der Waals surface area contributed by atoms with E-state index in [2.05, 4.69) is 12.2 Å².